The van der Waals surface area contributed by atoms with Gasteiger partial charge in [-0.1, -0.05) is 18.2 Å². The van der Waals surface area contributed by atoms with Crippen LogP contribution in [-0.4, -0.2) is 24.5 Å². The van der Waals surface area contributed by atoms with E-state index in [0.29, 0.717) is 22.8 Å². The summed E-state index contributed by atoms with van der Waals surface area (Å²) < 4.78 is 5.75. The minimum Gasteiger partial charge on any atom is -0.457 e. The van der Waals surface area contributed by atoms with Crippen molar-refractivity contribution in [3.05, 3.63) is 84.4 Å². The molecule has 0 aliphatic heterocycles. The van der Waals surface area contributed by atoms with Gasteiger partial charge in [-0.25, -0.2) is 0 Å². The Labute approximate surface area is 173 Å². The predicted molar refractivity (Wildman–Crippen MR) is 117 cm³/mol. The number of hydrogen-bond acceptors (Lipinski definition) is 5. The van der Waals surface area contributed by atoms with E-state index in [1.165, 1.54) is 18.8 Å². The van der Waals surface area contributed by atoms with Crippen LogP contribution in [0, 0.1) is 5.41 Å². The number of carbonyl (C=O) groups is 1. The summed E-state index contributed by atoms with van der Waals surface area (Å²) in [6.07, 6.45) is 0. The van der Waals surface area contributed by atoms with Crippen molar-refractivity contribution < 1.29 is 9.53 Å². The smallest absolute Gasteiger partial charge is 0.255 e. The van der Waals surface area contributed by atoms with Crippen LogP contribution in [0.15, 0.2) is 94.0 Å². The van der Waals surface area contributed by atoms with Crippen LogP contribution in [0.5, 0.6) is 11.5 Å². The van der Waals surface area contributed by atoms with Crippen molar-refractivity contribution in [1.29, 1.82) is 5.41 Å². The van der Waals surface area contributed by atoms with Crippen molar-refractivity contribution in [1.82, 2.24) is 0 Å². The summed E-state index contributed by atoms with van der Waals surface area (Å²) in [5.41, 5.74) is 1.24. The van der Waals surface area contributed by atoms with Crippen LogP contribution in [0.25, 0.3) is 0 Å². The minimum atomic E-state index is -0.189. The van der Waals surface area contributed by atoms with Gasteiger partial charge in [0, 0.05) is 23.2 Å². The monoisotopic (exact) mass is 404 g/mol. The SMILES string of the molecule is C/N=N\C(=N)CSc1ccc(C(=O)Nc2ccc(Oc3ccccc3)cc2)cc1. The second kappa shape index (κ2) is 10.2. The highest BCUT2D eigenvalue weighted by Crippen LogP contribution is 2.23. The van der Waals surface area contributed by atoms with Crippen LogP contribution in [-0.2, 0) is 0 Å². The Bertz CT molecular complexity index is 988. The molecule has 0 fully saturated rings. The summed E-state index contributed by atoms with van der Waals surface area (Å²) in [5.74, 6) is 1.91. The maximum absolute atomic E-state index is 12.4. The molecule has 0 saturated carbocycles. The van der Waals surface area contributed by atoms with Gasteiger partial charge in [0.1, 0.15) is 11.5 Å². The lowest BCUT2D eigenvalue weighted by Crippen LogP contribution is -2.11. The number of azo groups is 1. The average molecular weight is 404 g/mol. The molecule has 3 aromatic rings. The third kappa shape index (κ3) is 6.29. The number of hydrogen-bond donors (Lipinski definition) is 2. The van der Waals surface area contributed by atoms with E-state index < -0.39 is 0 Å². The molecular weight excluding hydrogens is 384 g/mol. The molecule has 0 saturated heterocycles. The van der Waals surface area contributed by atoms with Crippen LogP contribution in [0.2, 0.25) is 0 Å². The number of amides is 1. The highest BCUT2D eigenvalue weighted by molar-refractivity contribution is 8.00. The second-order valence-electron chi connectivity index (χ2n) is 5.95. The molecule has 0 radical (unpaired) electrons. The minimum absolute atomic E-state index is 0.189. The lowest BCUT2D eigenvalue weighted by Gasteiger charge is -2.08. The van der Waals surface area contributed by atoms with Crippen molar-refractivity contribution >= 4 is 29.2 Å². The molecule has 3 rings (SSSR count). The summed E-state index contributed by atoms with van der Waals surface area (Å²) in [6, 6.07) is 24.0. The molecule has 0 bridgehead atoms. The van der Waals surface area contributed by atoms with Crippen molar-refractivity contribution in [3.63, 3.8) is 0 Å². The third-order valence-electron chi connectivity index (χ3n) is 3.80. The number of amidine groups is 1. The van der Waals surface area contributed by atoms with Gasteiger partial charge in [-0.15, -0.1) is 16.9 Å². The van der Waals surface area contributed by atoms with E-state index in [1.54, 1.807) is 24.3 Å². The van der Waals surface area contributed by atoms with E-state index in [-0.39, 0.29) is 11.7 Å². The fourth-order valence-electron chi connectivity index (χ4n) is 2.44. The average Bonchev–Trinajstić information content (AvgIpc) is 2.75. The first kappa shape index (κ1) is 20.3. The first-order valence-corrected chi connectivity index (χ1v) is 9.87. The molecule has 0 aliphatic carbocycles. The third-order valence-corrected chi connectivity index (χ3v) is 4.83. The number of para-hydroxylation sites is 1. The van der Waals surface area contributed by atoms with Gasteiger partial charge < -0.3 is 10.1 Å². The van der Waals surface area contributed by atoms with E-state index in [4.69, 9.17) is 10.1 Å². The molecule has 0 aromatic heterocycles. The Balaban J connectivity index is 1.55. The normalized spacial score (nSPS) is 10.7. The molecule has 146 valence electrons. The molecule has 2 N–H and O–H groups in total. The summed E-state index contributed by atoms with van der Waals surface area (Å²) in [5, 5.41) is 17.7. The highest BCUT2D eigenvalue weighted by Gasteiger charge is 2.07. The van der Waals surface area contributed by atoms with Gasteiger partial charge in [-0.3, -0.25) is 10.2 Å². The Morgan fingerprint density at radius 2 is 1.62 bits per heavy atom. The zero-order valence-electron chi connectivity index (χ0n) is 15.8. The Kier molecular flexibility index (Phi) is 7.13. The fraction of sp³-hybridized carbons (Fsp3) is 0.0909. The van der Waals surface area contributed by atoms with E-state index in [1.807, 2.05) is 54.6 Å². The van der Waals surface area contributed by atoms with Crippen LogP contribution in [0.1, 0.15) is 10.4 Å². The number of carbonyl (C=O) groups excluding carboxylic acids is 1. The molecule has 0 atom stereocenters. The number of ether oxygens (including phenoxy) is 1. The number of rotatable bonds is 7. The van der Waals surface area contributed by atoms with Gasteiger partial charge in [0.25, 0.3) is 5.91 Å². The maximum atomic E-state index is 12.4. The lowest BCUT2D eigenvalue weighted by molar-refractivity contribution is 0.102. The molecule has 0 unspecified atom stereocenters. The fourth-order valence-corrected chi connectivity index (χ4v) is 3.13. The van der Waals surface area contributed by atoms with Crippen molar-refractivity contribution in [2.75, 3.05) is 18.1 Å². The van der Waals surface area contributed by atoms with E-state index in [0.717, 1.165) is 10.6 Å². The first-order chi connectivity index (χ1) is 14.1. The summed E-state index contributed by atoms with van der Waals surface area (Å²) in [6.45, 7) is 0. The number of thioether (sulfide) groups is 1. The van der Waals surface area contributed by atoms with Crippen LogP contribution in [0.4, 0.5) is 5.69 Å². The van der Waals surface area contributed by atoms with Gasteiger partial charge in [-0.05, 0) is 60.7 Å². The number of nitrogens with one attached hydrogen (secondary N) is 2. The standard InChI is InChI=1S/C22H20N4O2S/c1-24-26-21(23)15-29-20-13-7-16(8-14-20)22(27)25-17-9-11-19(12-10-17)28-18-5-3-2-4-6-18/h2-14,23H,15H2,1H3,(H,25,27)/b23-21?,26-24-. The van der Waals surface area contributed by atoms with Crippen molar-refractivity contribution in [3.8, 4) is 11.5 Å². The Hall–Kier alpha value is -3.45. The van der Waals surface area contributed by atoms with E-state index >= 15 is 0 Å². The van der Waals surface area contributed by atoms with Gasteiger partial charge >= 0.3 is 0 Å². The zero-order valence-corrected chi connectivity index (χ0v) is 16.6. The lowest BCUT2D eigenvalue weighted by atomic mass is 10.2. The zero-order chi connectivity index (χ0) is 20.5. The van der Waals surface area contributed by atoms with Crippen molar-refractivity contribution in [2.24, 2.45) is 10.2 Å². The highest BCUT2D eigenvalue weighted by atomic mass is 32.2. The quantitative estimate of drug-likeness (QED) is 0.223. The maximum Gasteiger partial charge on any atom is 0.255 e. The molecule has 0 aliphatic rings. The Morgan fingerprint density at radius 3 is 2.28 bits per heavy atom. The summed E-state index contributed by atoms with van der Waals surface area (Å²) >= 11 is 1.47. The predicted octanol–water partition coefficient (Wildman–Crippen LogP) is 5.88. The van der Waals surface area contributed by atoms with Crippen LogP contribution in [0.3, 0.4) is 0 Å². The second-order valence-corrected chi connectivity index (χ2v) is 7.00. The summed E-state index contributed by atoms with van der Waals surface area (Å²) in [4.78, 5) is 13.4. The van der Waals surface area contributed by atoms with E-state index in [9.17, 15) is 4.79 Å². The topological polar surface area (TPSA) is 86.9 Å². The van der Waals surface area contributed by atoms with Gasteiger partial charge in [-0.2, -0.15) is 5.11 Å². The molecular formula is C22H20N4O2S. The van der Waals surface area contributed by atoms with Crippen LogP contribution >= 0.6 is 11.8 Å². The van der Waals surface area contributed by atoms with Crippen molar-refractivity contribution in [2.45, 2.75) is 4.90 Å². The molecule has 1 amide bonds. The Morgan fingerprint density at radius 1 is 0.966 bits per heavy atom. The molecule has 3 aromatic carbocycles. The van der Waals surface area contributed by atoms with Gasteiger partial charge in [0.15, 0.2) is 5.84 Å². The molecule has 29 heavy (non-hydrogen) atoms. The first-order valence-electron chi connectivity index (χ1n) is 8.88. The molecule has 0 spiro atoms. The molecule has 7 heteroatoms. The van der Waals surface area contributed by atoms with Gasteiger partial charge in [0.05, 0.1) is 5.75 Å². The largest absolute Gasteiger partial charge is 0.457 e. The van der Waals surface area contributed by atoms with Crippen LogP contribution < -0.4 is 10.1 Å². The van der Waals surface area contributed by atoms with Gasteiger partial charge in [0.2, 0.25) is 0 Å². The number of nitrogens with zero attached hydrogens (tertiary/aromatic N) is 2. The van der Waals surface area contributed by atoms with E-state index in [2.05, 4.69) is 15.5 Å². The summed E-state index contributed by atoms with van der Waals surface area (Å²) in [7, 11) is 1.54. The molecule has 6 nitrogen and oxygen atoms in total. The molecule has 0 heterocycles. The number of anilines is 1. The number of benzene rings is 3.